The molecule has 0 saturated carbocycles. The van der Waals surface area contributed by atoms with Crippen LogP contribution in [0.5, 0.6) is 0 Å². The van der Waals surface area contributed by atoms with Gasteiger partial charge in [0.05, 0.1) is 4.90 Å². The van der Waals surface area contributed by atoms with Crippen LogP contribution in [0.25, 0.3) is 0 Å². The molecule has 1 heterocycles. The van der Waals surface area contributed by atoms with E-state index in [0.29, 0.717) is 31.7 Å². The lowest BCUT2D eigenvalue weighted by atomic mass is 10.1. The van der Waals surface area contributed by atoms with Gasteiger partial charge < -0.3 is 9.80 Å². The number of anilines is 1. The molecule has 1 aliphatic heterocycles. The third-order valence-corrected chi connectivity index (χ3v) is 7.29. The number of sulfonamides is 1. The highest BCUT2D eigenvalue weighted by molar-refractivity contribution is 7.89. The monoisotopic (exact) mass is 429 g/mol. The molecule has 7 heteroatoms. The number of rotatable bonds is 8. The molecular formula is C23H31N3O3S. The summed E-state index contributed by atoms with van der Waals surface area (Å²) in [5.41, 5.74) is 1.70. The fraction of sp³-hybridized carbons (Fsp3) is 0.435. The maximum Gasteiger partial charge on any atom is 0.253 e. The SMILES string of the molecule is CCCN(CCC)S(=O)(=O)c1ccc(C(=O)N2CCN(c3ccccc3)CC2)cc1. The number of para-hydroxylation sites is 1. The van der Waals surface area contributed by atoms with Gasteiger partial charge in [-0.15, -0.1) is 0 Å². The lowest BCUT2D eigenvalue weighted by Gasteiger charge is -2.36. The van der Waals surface area contributed by atoms with Gasteiger partial charge in [0.25, 0.3) is 5.91 Å². The maximum absolute atomic E-state index is 12.9. The Balaban J connectivity index is 1.65. The van der Waals surface area contributed by atoms with Crippen molar-refractivity contribution in [1.82, 2.24) is 9.21 Å². The number of nitrogens with zero attached hydrogens (tertiary/aromatic N) is 3. The molecule has 2 aromatic carbocycles. The van der Waals surface area contributed by atoms with Crippen LogP contribution >= 0.6 is 0 Å². The van der Waals surface area contributed by atoms with E-state index < -0.39 is 10.0 Å². The molecule has 30 heavy (non-hydrogen) atoms. The van der Waals surface area contributed by atoms with E-state index in [1.807, 2.05) is 36.9 Å². The first-order valence-electron chi connectivity index (χ1n) is 10.7. The zero-order valence-electron chi connectivity index (χ0n) is 17.8. The quantitative estimate of drug-likeness (QED) is 0.645. The minimum Gasteiger partial charge on any atom is -0.368 e. The van der Waals surface area contributed by atoms with Gasteiger partial charge >= 0.3 is 0 Å². The topological polar surface area (TPSA) is 60.9 Å². The lowest BCUT2D eigenvalue weighted by molar-refractivity contribution is 0.0746. The Kier molecular flexibility index (Phi) is 7.50. The molecular weight excluding hydrogens is 398 g/mol. The summed E-state index contributed by atoms with van der Waals surface area (Å²) in [5, 5.41) is 0. The molecule has 0 spiro atoms. The summed E-state index contributed by atoms with van der Waals surface area (Å²) in [4.78, 5) is 17.2. The van der Waals surface area contributed by atoms with E-state index in [1.54, 1.807) is 24.3 Å². The fourth-order valence-electron chi connectivity index (χ4n) is 3.76. The molecule has 2 aromatic rings. The van der Waals surface area contributed by atoms with Crippen molar-refractivity contribution in [2.24, 2.45) is 0 Å². The van der Waals surface area contributed by atoms with Crippen LogP contribution in [0.4, 0.5) is 5.69 Å². The van der Waals surface area contributed by atoms with E-state index in [1.165, 1.54) is 9.99 Å². The number of amides is 1. The highest BCUT2D eigenvalue weighted by Gasteiger charge is 2.25. The van der Waals surface area contributed by atoms with E-state index in [0.717, 1.165) is 25.9 Å². The number of piperazine rings is 1. The number of benzene rings is 2. The molecule has 0 aromatic heterocycles. The van der Waals surface area contributed by atoms with Gasteiger partial charge in [0.15, 0.2) is 0 Å². The standard InChI is InChI=1S/C23H31N3O3S/c1-3-14-26(15-4-2)30(28,29)22-12-10-20(11-13-22)23(27)25-18-16-24(17-19-25)21-8-6-5-7-9-21/h5-13H,3-4,14-19H2,1-2H3. The Bertz CT molecular complexity index is 916. The fourth-order valence-corrected chi connectivity index (χ4v) is 5.38. The van der Waals surface area contributed by atoms with Crippen molar-refractivity contribution in [3.63, 3.8) is 0 Å². The van der Waals surface area contributed by atoms with Gasteiger partial charge in [-0.05, 0) is 49.2 Å². The minimum absolute atomic E-state index is 0.0503. The first-order chi connectivity index (χ1) is 14.5. The zero-order valence-corrected chi connectivity index (χ0v) is 18.6. The predicted molar refractivity (Wildman–Crippen MR) is 120 cm³/mol. The van der Waals surface area contributed by atoms with Gasteiger partial charge in [-0.2, -0.15) is 4.31 Å². The summed E-state index contributed by atoms with van der Waals surface area (Å²) in [6.07, 6.45) is 1.54. The molecule has 0 radical (unpaired) electrons. The largest absolute Gasteiger partial charge is 0.368 e. The molecule has 0 atom stereocenters. The van der Waals surface area contributed by atoms with Crippen molar-refractivity contribution >= 4 is 21.6 Å². The van der Waals surface area contributed by atoms with Crippen LogP contribution in [-0.4, -0.2) is 62.8 Å². The van der Waals surface area contributed by atoms with Crippen LogP contribution in [0.2, 0.25) is 0 Å². The van der Waals surface area contributed by atoms with Gasteiger partial charge in [0.2, 0.25) is 10.0 Å². The molecule has 1 aliphatic rings. The van der Waals surface area contributed by atoms with Crippen LogP contribution in [0.15, 0.2) is 59.5 Å². The molecule has 6 nitrogen and oxygen atoms in total. The summed E-state index contributed by atoms with van der Waals surface area (Å²) in [6, 6.07) is 16.6. The first-order valence-corrected chi connectivity index (χ1v) is 12.1. The van der Waals surface area contributed by atoms with E-state index in [-0.39, 0.29) is 10.8 Å². The van der Waals surface area contributed by atoms with E-state index >= 15 is 0 Å². The Hall–Kier alpha value is -2.38. The van der Waals surface area contributed by atoms with Crippen LogP contribution in [0, 0.1) is 0 Å². The number of carbonyl (C=O) groups excluding carboxylic acids is 1. The third-order valence-electron chi connectivity index (χ3n) is 5.37. The molecule has 1 amide bonds. The van der Waals surface area contributed by atoms with E-state index in [2.05, 4.69) is 17.0 Å². The smallest absolute Gasteiger partial charge is 0.253 e. The number of hydrogen-bond acceptors (Lipinski definition) is 4. The van der Waals surface area contributed by atoms with Crippen molar-refractivity contribution in [3.05, 3.63) is 60.2 Å². The van der Waals surface area contributed by atoms with Crippen LogP contribution in [-0.2, 0) is 10.0 Å². The third kappa shape index (κ3) is 5.02. The van der Waals surface area contributed by atoms with Crippen LogP contribution < -0.4 is 4.90 Å². The average Bonchev–Trinajstić information content (AvgIpc) is 2.79. The van der Waals surface area contributed by atoms with Crippen LogP contribution in [0.1, 0.15) is 37.0 Å². The molecule has 0 aliphatic carbocycles. The predicted octanol–water partition coefficient (Wildman–Crippen LogP) is 3.46. The molecule has 3 rings (SSSR count). The zero-order chi connectivity index (χ0) is 21.6. The van der Waals surface area contributed by atoms with Crippen LogP contribution in [0.3, 0.4) is 0 Å². The first kappa shape index (κ1) is 22.3. The summed E-state index contributed by atoms with van der Waals surface area (Å²) >= 11 is 0. The van der Waals surface area contributed by atoms with Crippen molar-refractivity contribution in [1.29, 1.82) is 0 Å². The molecule has 0 unspecified atom stereocenters. The van der Waals surface area contributed by atoms with Gasteiger partial charge in [0, 0.05) is 50.5 Å². The Morgan fingerprint density at radius 3 is 1.97 bits per heavy atom. The summed E-state index contributed by atoms with van der Waals surface area (Å²) in [7, 11) is -3.53. The summed E-state index contributed by atoms with van der Waals surface area (Å²) in [6.45, 7) is 7.81. The number of carbonyl (C=O) groups is 1. The second-order valence-corrected chi connectivity index (χ2v) is 9.48. The Morgan fingerprint density at radius 1 is 0.867 bits per heavy atom. The molecule has 1 saturated heterocycles. The summed E-state index contributed by atoms with van der Waals surface area (Å²) in [5.74, 6) is -0.0503. The Morgan fingerprint density at radius 2 is 1.43 bits per heavy atom. The average molecular weight is 430 g/mol. The van der Waals surface area contributed by atoms with E-state index in [9.17, 15) is 13.2 Å². The summed E-state index contributed by atoms with van der Waals surface area (Å²) < 4.78 is 27.3. The van der Waals surface area contributed by atoms with Crippen molar-refractivity contribution in [2.75, 3.05) is 44.2 Å². The van der Waals surface area contributed by atoms with Gasteiger partial charge in [0.1, 0.15) is 0 Å². The molecule has 1 fully saturated rings. The number of hydrogen-bond donors (Lipinski definition) is 0. The molecule has 162 valence electrons. The maximum atomic E-state index is 12.9. The lowest BCUT2D eigenvalue weighted by Crippen LogP contribution is -2.48. The highest BCUT2D eigenvalue weighted by Crippen LogP contribution is 2.20. The molecule has 0 N–H and O–H groups in total. The van der Waals surface area contributed by atoms with Gasteiger partial charge in [-0.25, -0.2) is 8.42 Å². The normalized spacial score (nSPS) is 14.9. The van der Waals surface area contributed by atoms with Crippen molar-refractivity contribution in [3.8, 4) is 0 Å². The minimum atomic E-state index is -3.53. The second-order valence-electron chi connectivity index (χ2n) is 7.54. The van der Waals surface area contributed by atoms with Crippen molar-refractivity contribution in [2.45, 2.75) is 31.6 Å². The molecule has 0 bridgehead atoms. The van der Waals surface area contributed by atoms with Gasteiger partial charge in [-0.1, -0.05) is 32.0 Å². The highest BCUT2D eigenvalue weighted by atomic mass is 32.2. The van der Waals surface area contributed by atoms with E-state index in [4.69, 9.17) is 0 Å². The van der Waals surface area contributed by atoms with Crippen molar-refractivity contribution < 1.29 is 13.2 Å². The van der Waals surface area contributed by atoms with Gasteiger partial charge in [-0.3, -0.25) is 4.79 Å². The Labute approximate surface area is 180 Å². The second kappa shape index (κ2) is 10.1.